The SMILES string of the molecule is COc1cccc2c1c1cccc(OC)c1c1cccc(OC)c21. The zero-order valence-corrected chi connectivity index (χ0v) is 13.9. The van der Waals surface area contributed by atoms with E-state index in [2.05, 4.69) is 18.2 Å². The van der Waals surface area contributed by atoms with Gasteiger partial charge < -0.3 is 14.2 Å². The van der Waals surface area contributed by atoms with E-state index < -0.39 is 0 Å². The van der Waals surface area contributed by atoms with Gasteiger partial charge in [0.1, 0.15) is 17.2 Å². The zero-order chi connectivity index (χ0) is 16.7. The summed E-state index contributed by atoms with van der Waals surface area (Å²) in [5.41, 5.74) is 0. The highest BCUT2D eigenvalue weighted by molar-refractivity contribution is 6.29. The van der Waals surface area contributed by atoms with Crippen molar-refractivity contribution >= 4 is 32.3 Å². The van der Waals surface area contributed by atoms with Crippen LogP contribution in [0.1, 0.15) is 0 Å². The molecule has 4 rings (SSSR count). The van der Waals surface area contributed by atoms with E-state index in [1.807, 2.05) is 36.4 Å². The van der Waals surface area contributed by atoms with Gasteiger partial charge in [-0.1, -0.05) is 36.4 Å². The van der Waals surface area contributed by atoms with E-state index in [9.17, 15) is 0 Å². The van der Waals surface area contributed by atoms with E-state index >= 15 is 0 Å². The van der Waals surface area contributed by atoms with Crippen LogP contribution in [0.5, 0.6) is 17.2 Å². The summed E-state index contributed by atoms with van der Waals surface area (Å²) in [4.78, 5) is 0. The van der Waals surface area contributed by atoms with E-state index in [1.165, 1.54) is 0 Å². The summed E-state index contributed by atoms with van der Waals surface area (Å²) in [5, 5.41) is 6.57. The van der Waals surface area contributed by atoms with Gasteiger partial charge in [-0.2, -0.15) is 0 Å². The molecule has 0 unspecified atom stereocenters. The molecule has 3 nitrogen and oxygen atoms in total. The molecule has 0 saturated heterocycles. The van der Waals surface area contributed by atoms with Gasteiger partial charge in [0.15, 0.2) is 0 Å². The van der Waals surface area contributed by atoms with Gasteiger partial charge in [-0.3, -0.25) is 0 Å². The van der Waals surface area contributed by atoms with Crippen molar-refractivity contribution in [3.05, 3.63) is 54.6 Å². The van der Waals surface area contributed by atoms with Crippen molar-refractivity contribution in [3.8, 4) is 17.2 Å². The number of methoxy groups -OCH3 is 3. The van der Waals surface area contributed by atoms with Gasteiger partial charge in [-0.25, -0.2) is 0 Å². The highest BCUT2D eigenvalue weighted by Gasteiger charge is 2.17. The van der Waals surface area contributed by atoms with Gasteiger partial charge in [-0.15, -0.1) is 0 Å². The Bertz CT molecular complexity index is 899. The van der Waals surface area contributed by atoms with Crippen molar-refractivity contribution in [3.63, 3.8) is 0 Å². The second-order valence-electron chi connectivity index (χ2n) is 5.65. The Morgan fingerprint density at radius 3 is 1.00 bits per heavy atom. The quantitative estimate of drug-likeness (QED) is 0.488. The van der Waals surface area contributed by atoms with Crippen LogP contribution in [-0.2, 0) is 0 Å². The first-order valence-electron chi connectivity index (χ1n) is 7.82. The molecular formula is C21H18O3. The number of hydrogen-bond donors (Lipinski definition) is 0. The lowest BCUT2D eigenvalue weighted by Crippen LogP contribution is -1.93. The van der Waals surface area contributed by atoms with Crippen molar-refractivity contribution in [2.24, 2.45) is 0 Å². The molecule has 0 bridgehead atoms. The van der Waals surface area contributed by atoms with Crippen LogP contribution >= 0.6 is 0 Å². The van der Waals surface area contributed by atoms with Crippen molar-refractivity contribution < 1.29 is 14.2 Å². The maximum absolute atomic E-state index is 5.65. The average molecular weight is 318 g/mol. The minimum atomic E-state index is 0.846. The lowest BCUT2D eigenvalue weighted by atomic mass is 9.93. The summed E-state index contributed by atoms with van der Waals surface area (Å²) in [5.74, 6) is 2.54. The third-order valence-electron chi connectivity index (χ3n) is 4.55. The van der Waals surface area contributed by atoms with Crippen LogP contribution in [-0.4, -0.2) is 21.3 Å². The molecule has 4 aromatic rings. The summed E-state index contributed by atoms with van der Waals surface area (Å²) in [6.07, 6.45) is 0. The van der Waals surface area contributed by atoms with Crippen LogP contribution in [0.15, 0.2) is 54.6 Å². The Morgan fingerprint density at radius 2 is 0.750 bits per heavy atom. The van der Waals surface area contributed by atoms with Crippen LogP contribution in [0, 0.1) is 0 Å². The molecule has 0 aliphatic rings. The first-order valence-corrected chi connectivity index (χ1v) is 7.82. The summed E-state index contributed by atoms with van der Waals surface area (Å²) in [7, 11) is 5.10. The summed E-state index contributed by atoms with van der Waals surface area (Å²) in [6.45, 7) is 0. The van der Waals surface area contributed by atoms with Crippen LogP contribution in [0.4, 0.5) is 0 Å². The fraction of sp³-hybridized carbons (Fsp3) is 0.143. The Balaban J connectivity index is 2.42. The number of hydrogen-bond acceptors (Lipinski definition) is 3. The zero-order valence-electron chi connectivity index (χ0n) is 13.9. The van der Waals surface area contributed by atoms with Crippen LogP contribution in [0.3, 0.4) is 0 Å². The van der Waals surface area contributed by atoms with E-state index in [4.69, 9.17) is 14.2 Å². The molecule has 0 heterocycles. The molecular weight excluding hydrogens is 300 g/mol. The highest BCUT2D eigenvalue weighted by atomic mass is 16.5. The van der Waals surface area contributed by atoms with Crippen LogP contribution in [0.2, 0.25) is 0 Å². The van der Waals surface area contributed by atoms with E-state index in [-0.39, 0.29) is 0 Å². The van der Waals surface area contributed by atoms with E-state index in [1.54, 1.807) is 21.3 Å². The maximum Gasteiger partial charge on any atom is 0.127 e. The average Bonchev–Trinajstić information content (AvgIpc) is 2.66. The van der Waals surface area contributed by atoms with Crippen molar-refractivity contribution in [2.45, 2.75) is 0 Å². The molecule has 0 spiro atoms. The highest BCUT2D eigenvalue weighted by Crippen LogP contribution is 2.45. The Kier molecular flexibility index (Phi) is 3.42. The van der Waals surface area contributed by atoms with Gasteiger partial charge in [0.25, 0.3) is 0 Å². The second-order valence-corrected chi connectivity index (χ2v) is 5.65. The Labute approximate surface area is 140 Å². The molecule has 0 amide bonds. The predicted octanol–water partition coefficient (Wildman–Crippen LogP) is 5.17. The van der Waals surface area contributed by atoms with E-state index in [0.29, 0.717) is 0 Å². The van der Waals surface area contributed by atoms with E-state index in [0.717, 1.165) is 49.6 Å². The standard InChI is InChI=1S/C21H18O3/c1-22-16-10-4-7-13-19(16)14-8-5-11-17(23-2)21(14)15-9-6-12-18(24-3)20(13)15/h4-12H,1-3H3. The third kappa shape index (κ3) is 1.91. The molecule has 0 radical (unpaired) electrons. The van der Waals surface area contributed by atoms with Crippen molar-refractivity contribution in [2.75, 3.05) is 21.3 Å². The van der Waals surface area contributed by atoms with Gasteiger partial charge in [-0.05, 0) is 34.4 Å². The molecule has 120 valence electrons. The fourth-order valence-electron chi connectivity index (χ4n) is 3.56. The second kappa shape index (κ2) is 5.60. The number of ether oxygens (including phenoxy) is 3. The first kappa shape index (κ1) is 14.6. The van der Waals surface area contributed by atoms with Crippen LogP contribution < -0.4 is 14.2 Å². The molecule has 0 aromatic heterocycles. The monoisotopic (exact) mass is 318 g/mol. The topological polar surface area (TPSA) is 27.7 Å². The van der Waals surface area contributed by atoms with Crippen molar-refractivity contribution in [1.29, 1.82) is 0 Å². The number of fused-ring (bicyclic) bond motifs is 6. The molecule has 24 heavy (non-hydrogen) atoms. The molecule has 0 atom stereocenters. The predicted molar refractivity (Wildman–Crippen MR) is 98.6 cm³/mol. The third-order valence-corrected chi connectivity index (χ3v) is 4.55. The van der Waals surface area contributed by atoms with Gasteiger partial charge in [0.2, 0.25) is 0 Å². The largest absolute Gasteiger partial charge is 0.496 e. The minimum Gasteiger partial charge on any atom is -0.496 e. The number of rotatable bonds is 3. The van der Waals surface area contributed by atoms with Crippen molar-refractivity contribution in [1.82, 2.24) is 0 Å². The smallest absolute Gasteiger partial charge is 0.127 e. The molecule has 4 aromatic carbocycles. The van der Waals surface area contributed by atoms with Gasteiger partial charge in [0, 0.05) is 16.2 Å². The first-order chi connectivity index (χ1) is 11.8. The molecule has 0 aliphatic carbocycles. The summed E-state index contributed by atoms with van der Waals surface area (Å²) < 4.78 is 16.9. The Hall–Kier alpha value is -2.94. The number of benzene rings is 4. The maximum atomic E-state index is 5.65. The molecule has 0 saturated carbocycles. The minimum absolute atomic E-state index is 0.846. The molecule has 0 aliphatic heterocycles. The fourth-order valence-corrected chi connectivity index (χ4v) is 3.56. The molecule has 0 N–H and O–H groups in total. The van der Waals surface area contributed by atoms with Gasteiger partial charge >= 0.3 is 0 Å². The van der Waals surface area contributed by atoms with Crippen LogP contribution in [0.25, 0.3) is 32.3 Å². The molecule has 3 heteroatoms. The summed E-state index contributed by atoms with van der Waals surface area (Å²) in [6, 6.07) is 18.3. The molecule has 0 fully saturated rings. The normalized spacial score (nSPS) is 11.1. The van der Waals surface area contributed by atoms with Gasteiger partial charge in [0.05, 0.1) is 21.3 Å². The lowest BCUT2D eigenvalue weighted by molar-refractivity contribution is 0.418. The summed E-state index contributed by atoms with van der Waals surface area (Å²) >= 11 is 0. The Morgan fingerprint density at radius 1 is 0.458 bits per heavy atom. The lowest BCUT2D eigenvalue weighted by Gasteiger charge is -2.16.